The molecule has 0 spiro atoms. The fourth-order valence-corrected chi connectivity index (χ4v) is 2.73. The smallest absolute Gasteiger partial charge is 0.298 e. The molecular formula is C21H17NO3. The minimum absolute atomic E-state index is 0.220. The lowest BCUT2D eigenvalue weighted by Crippen LogP contribution is -1.91. The van der Waals surface area contributed by atoms with Crippen molar-refractivity contribution in [2.24, 2.45) is 5.41 Å². The lowest BCUT2D eigenvalue weighted by atomic mass is 10.0. The van der Waals surface area contributed by atoms with Gasteiger partial charge in [-0.3, -0.25) is 4.79 Å². The average Bonchev–Trinajstić information content (AvgIpc) is 3.25. The van der Waals surface area contributed by atoms with Crippen LogP contribution in [0.5, 0.6) is 5.75 Å². The standard InChI is InChI=1S/C21H17NO3/c1-14-19(24-13-23)20(25-22-14)18-6-5-16-11-15(3-4-17(16)12-18)7-8-21(2)9-10-21/h3-6,11-13H,9-10H2,1-2H3. The number of carbonyl (C=O) groups excluding carboxylic acids is 1. The zero-order valence-corrected chi connectivity index (χ0v) is 14.1. The number of nitrogens with zero attached hydrogens (tertiary/aromatic N) is 1. The van der Waals surface area contributed by atoms with Crippen LogP contribution in [-0.2, 0) is 4.79 Å². The van der Waals surface area contributed by atoms with Gasteiger partial charge in [0.25, 0.3) is 6.47 Å². The van der Waals surface area contributed by atoms with Crippen molar-refractivity contribution >= 4 is 17.2 Å². The van der Waals surface area contributed by atoms with Crippen molar-refractivity contribution in [3.8, 4) is 28.9 Å². The number of hydrogen-bond acceptors (Lipinski definition) is 4. The van der Waals surface area contributed by atoms with Crippen molar-refractivity contribution in [3.05, 3.63) is 47.7 Å². The third-order valence-electron chi connectivity index (χ3n) is 4.59. The molecule has 4 heteroatoms. The molecule has 1 aromatic heterocycles. The molecule has 1 fully saturated rings. The van der Waals surface area contributed by atoms with Gasteiger partial charge in [-0.1, -0.05) is 35.2 Å². The quantitative estimate of drug-likeness (QED) is 0.524. The molecule has 0 aliphatic heterocycles. The van der Waals surface area contributed by atoms with Gasteiger partial charge >= 0.3 is 0 Å². The Labute approximate surface area is 145 Å². The highest BCUT2D eigenvalue weighted by Crippen LogP contribution is 2.44. The van der Waals surface area contributed by atoms with E-state index in [1.54, 1.807) is 6.92 Å². The van der Waals surface area contributed by atoms with Crippen LogP contribution in [0.3, 0.4) is 0 Å². The molecule has 124 valence electrons. The minimum Gasteiger partial charge on any atom is -0.423 e. The molecule has 0 radical (unpaired) electrons. The Morgan fingerprint density at radius 3 is 2.72 bits per heavy atom. The maximum absolute atomic E-state index is 10.7. The summed E-state index contributed by atoms with van der Waals surface area (Å²) in [5, 5.41) is 6.05. The molecule has 0 amide bonds. The maximum Gasteiger partial charge on any atom is 0.298 e. The lowest BCUT2D eigenvalue weighted by Gasteiger charge is -2.03. The number of carbonyl (C=O) groups is 1. The highest BCUT2D eigenvalue weighted by molar-refractivity contribution is 5.88. The Balaban J connectivity index is 1.71. The first-order chi connectivity index (χ1) is 12.1. The molecule has 0 unspecified atom stereocenters. The minimum atomic E-state index is 0.220. The number of fused-ring (bicyclic) bond motifs is 1. The Morgan fingerprint density at radius 1 is 1.20 bits per heavy atom. The van der Waals surface area contributed by atoms with E-state index >= 15 is 0 Å². The molecule has 0 N–H and O–H groups in total. The fourth-order valence-electron chi connectivity index (χ4n) is 2.73. The van der Waals surface area contributed by atoms with Crippen LogP contribution >= 0.6 is 0 Å². The second-order valence-electron chi connectivity index (χ2n) is 6.73. The van der Waals surface area contributed by atoms with E-state index in [1.165, 1.54) is 12.8 Å². The van der Waals surface area contributed by atoms with Crippen molar-refractivity contribution in [2.45, 2.75) is 26.7 Å². The van der Waals surface area contributed by atoms with E-state index < -0.39 is 0 Å². The Hall–Kier alpha value is -3.06. The van der Waals surface area contributed by atoms with Crippen LogP contribution in [0.25, 0.3) is 22.1 Å². The highest BCUT2D eigenvalue weighted by atomic mass is 16.5. The summed E-state index contributed by atoms with van der Waals surface area (Å²) in [6.45, 7) is 4.32. The molecule has 3 aromatic rings. The van der Waals surface area contributed by atoms with Crippen LogP contribution in [-0.4, -0.2) is 11.6 Å². The first kappa shape index (κ1) is 15.5. The van der Waals surface area contributed by atoms with Crippen LogP contribution in [0.15, 0.2) is 40.9 Å². The van der Waals surface area contributed by atoms with Gasteiger partial charge in [-0.2, -0.15) is 0 Å². The van der Waals surface area contributed by atoms with E-state index in [0.717, 1.165) is 21.9 Å². The molecule has 0 saturated heterocycles. The Kier molecular flexibility index (Phi) is 3.58. The van der Waals surface area contributed by atoms with E-state index in [-0.39, 0.29) is 5.41 Å². The van der Waals surface area contributed by atoms with Gasteiger partial charge in [-0.05, 0) is 55.7 Å². The highest BCUT2D eigenvalue weighted by Gasteiger charge is 2.35. The predicted octanol–water partition coefficient (Wildman–Crippen LogP) is 4.49. The van der Waals surface area contributed by atoms with E-state index in [9.17, 15) is 4.79 Å². The molecular weight excluding hydrogens is 314 g/mol. The van der Waals surface area contributed by atoms with Gasteiger partial charge in [0.15, 0.2) is 0 Å². The normalized spacial score (nSPS) is 14.6. The van der Waals surface area contributed by atoms with Crippen LogP contribution < -0.4 is 4.74 Å². The van der Waals surface area contributed by atoms with Gasteiger partial charge < -0.3 is 9.26 Å². The van der Waals surface area contributed by atoms with E-state index in [1.807, 2.05) is 30.3 Å². The van der Waals surface area contributed by atoms with E-state index in [2.05, 4.69) is 30.0 Å². The number of ether oxygens (including phenoxy) is 1. The van der Waals surface area contributed by atoms with Crippen molar-refractivity contribution < 1.29 is 14.1 Å². The number of benzene rings is 2. The van der Waals surface area contributed by atoms with Gasteiger partial charge in [0, 0.05) is 16.5 Å². The summed E-state index contributed by atoms with van der Waals surface area (Å²) in [5.74, 6) is 7.44. The Morgan fingerprint density at radius 2 is 1.96 bits per heavy atom. The third-order valence-corrected chi connectivity index (χ3v) is 4.59. The predicted molar refractivity (Wildman–Crippen MR) is 95.1 cm³/mol. The fraction of sp³-hybridized carbons (Fsp3) is 0.238. The molecule has 1 aliphatic rings. The van der Waals surface area contributed by atoms with Crippen LogP contribution in [0.1, 0.15) is 31.0 Å². The number of aromatic nitrogens is 1. The van der Waals surface area contributed by atoms with Gasteiger partial charge in [0.1, 0.15) is 5.69 Å². The molecule has 4 nitrogen and oxygen atoms in total. The molecule has 1 saturated carbocycles. The molecule has 25 heavy (non-hydrogen) atoms. The molecule has 4 rings (SSSR count). The molecule has 1 heterocycles. The van der Waals surface area contributed by atoms with Gasteiger partial charge in [-0.25, -0.2) is 0 Å². The summed E-state index contributed by atoms with van der Waals surface area (Å²) < 4.78 is 10.3. The second kappa shape index (κ2) is 5.78. The van der Waals surface area contributed by atoms with Crippen LogP contribution in [0.4, 0.5) is 0 Å². The van der Waals surface area contributed by atoms with Crippen LogP contribution in [0, 0.1) is 24.2 Å². The summed E-state index contributed by atoms with van der Waals surface area (Å²) in [7, 11) is 0. The molecule has 0 bridgehead atoms. The van der Waals surface area contributed by atoms with E-state index in [4.69, 9.17) is 9.26 Å². The number of hydrogen-bond donors (Lipinski definition) is 0. The maximum atomic E-state index is 10.7. The molecule has 0 atom stereocenters. The molecule has 2 aromatic carbocycles. The third kappa shape index (κ3) is 3.01. The van der Waals surface area contributed by atoms with Gasteiger partial charge in [0.05, 0.1) is 0 Å². The Bertz CT molecular complexity index is 1030. The van der Waals surface area contributed by atoms with Crippen molar-refractivity contribution in [3.63, 3.8) is 0 Å². The second-order valence-corrected chi connectivity index (χ2v) is 6.73. The summed E-state index contributed by atoms with van der Waals surface area (Å²) in [4.78, 5) is 10.7. The van der Waals surface area contributed by atoms with Crippen molar-refractivity contribution in [1.29, 1.82) is 0 Å². The van der Waals surface area contributed by atoms with Crippen LogP contribution in [0.2, 0.25) is 0 Å². The topological polar surface area (TPSA) is 52.3 Å². The SMILES string of the molecule is Cc1noc(-c2ccc3cc(C#CC4(C)CC4)ccc3c2)c1OC=O. The number of rotatable bonds is 3. The summed E-state index contributed by atoms with van der Waals surface area (Å²) in [6.07, 6.45) is 2.39. The lowest BCUT2D eigenvalue weighted by molar-refractivity contribution is -0.120. The largest absolute Gasteiger partial charge is 0.423 e. The summed E-state index contributed by atoms with van der Waals surface area (Å²) in [6, 6.07) is 12.1. The van der Waals surface area contributed by atoms with Gasteiger partial charge in [0.2, 0.25) is 11.5 Å². The zero-order valence-electron chi connectivity index (χ0n) is 14.1. The molecule has 1 aliphatic carbocycles. The monoisotopic (exact) mass is 331 g/mol. The average molecular weight is 331 g/mol. The zero-order chi connectivity index (χ0) is 17.4. The van der Waals surface area contributed by atoms with Crippen molar-refractivity contribution in [2.75, 3.05) is 0 Å². The van der Waals surface area contributed by atoms with Crippen molar-refractivity contribution in [1.82, 2.24) is 5.16 Å². The van der Waals surface area contributed by atoms with Gasteiger partial charge in [-0.15, -0.1) is 0 Å². The number of aryl methyl sites for hydroxylation is 1. The summed E-state index contributed by atoms with van der Waals surface area (Å²) in [5.41, 5.74) is 2.60. The summed E-state index contributed by atoms with van der Waals surface area (Å²) >= 11 is 0. The first-order valence-corrected chi connectivity index (χ1v) is 8.22. The first-order valence-electron chi connectivity index (χ1n) is 8.22. The van der Waals surface area contributed by atoms with E-state index in [0.29, 0.717) is 23.7 Å².